The van der Waals surface area contributed by atoms with Gasteiger partial charge in [0.25, 0.3) is 0 Å². The van der Waals surface area contributed by atoms with Gasteiger partial charge in [-0.2, -0.15) is 0 Å². The van der Waals surface area contributed by atoms with Gasteiger partial charge in [-0.15, -0.1) is 0 Å². The average molecular weight is 183 g/mol. The molecule has 0 spiro atoms. The van der Waals surface area contributed by atoms with Crippen molar-refractivity contribution < 1.29 is 9.32 Å². The molecule has 0 aliphatic heterocycles. The van der Waals surface area contributed by atoms with E-state index >= 15 is 0 Å². The van der Waals surface area contributed by atoms with Gasteiger partial charge in [0.05, 0.1) is 11.7 Å². The number of nitrogens with one attached hydrogen (secondary N) is 1. The lowest BCUT2D eigenvalue weighted by Crippen LogP contribution is -2.38. The molecule has 5 nitrogen and oxygen atoms in total. The van der Waals surface area contributed by atoms with Crippen LogP contribution in [0, 0.1) is 6.92 Å². The van der Waals surface area contributed by atoms with Gasteiger partial charge in [0.2, 0.25) is 5.91 Å². The summed E-state index contributed by atoms with van der Waals surface area (Å²) in [5.41, 5.74) is 5.83. The topological polar surface area (TPSA) is 81.1 Å². The zero-order chi connectivity index (χ0) is 9.84. The van der Waals surface area contributed by atoms with E-state index in [1.54, 1.807) is 13.0 Å². The van der Waals surface area contributed by atoms with Crippen LogP contribution in [0.4, 0.5) is 0 Å². The lowest BCUT2D eigenvalue weighted by molar-refractivity contribution is -0.119. The number of primary amides is 1. The molecular weight excluding hydrogens is 170 g/mol. The monoisotopic (exact) mass is 183 g/mol. The molecule has 1 rings (SSSR count). The van der Waals surface area contributed by atoms with Crippen LogP contribution in [0.1, 0.15) is 18.4 Å². The van der Waals surface area contributed by atoms with E-state index in [1.165, 1.54) is 0 Å². The number of carbonyl (C=O) groups is 1. The number of aryl methyl sites for hydroxylation is 1. The van der Waals surface area contributed by atoms with Crippen molar-refractivity contribution in [3.05, 3.63) is 17.5 Å². The summed E-state index contributed by atoms with van der Waals surface area (Å²) in [5, 5.41) is 6.67. The molecular formula is C8H13N3O2. The summed E-state index contributed by atoms with van der Waals surface area (Å²) in [6.45, 7) is 4.00. The third kappa shape index (κ3) is 2.87. The number of hydrogen-bond donors (Lipinski definition) is 2. The van der Waals surface area contributed by atoms with Crippen molar-refractivity contribution >= 4 is 5.91 Å². The molecule has 0 saturated heterocycles. The summed E-state index contributed by atoms with van der Waals surface area (Å²) in [6, 6.07) is 1.46. The number of rotatable bonds is 4. The minimum atomic E-state index is -0.375. The second-order valence-electron chi connectivity index (χ2n) is 2.93. The molecule has 1 heterocycles. The Balaban J connectivity index is 2.39. The molecule has 1 atom stereocenters. The number of hydrogen-bond acceptors (Lipinski definition) is 4. The molecule has 0 bridgehead atoms. The maximum absolute atomic E-state index is 10.6. The van der Waals surface area contributed by atoms with Gasteiger partial charge in [-0.25, -0.2) is 0 Å². The lowest BCUT2D eigenvalue weighted by Gasteiger charge is -2.06. The van der Waals surface area contributed by atoms with E-state index in [4.69, 9.17) is 10.3 Å². The smallest absolute Gasteiger partial charge is 0.234 e. The Morgan fingerprint density at radius 2 is 2.54 bits per heavy atom. The van der Waals surface area contributed by atoms with E-state index < -0.39 is 0 Å². The molecule has 72 valence electrons. The Morgan fingerprint density at radius 1 is 1.85 bits per heavy atom. The molecule has 5 heteroatoms. The molecule has 1 aromatic heterocycles. The number of aromatic nitrogens is 1. The van der Waals surface area contributed by atoms with Crippen LogP contribution in [0.2, 0.25) is 0 Å². The quantitative estimate of drug-likeness (QED) is 0.685. The summed E-state index contributed by atoms with van der Waals surface area (Å²) in [6.07, 6.45) is 0. The fourth-order valence-electron chi connectivity index (χ4n) is 0.860. The molecule has 1 aromatic rings. The fraction of sp³-hybridized carbons (Fsp3) is 0.500. The van der Waals surface area contributed by atoms with Crippen molar-refractivity contribution in [3.63, 3.8) is 0 Å². The lowest BCUT2D eigenvalue weighted by atomic mass is 10.3. The van der Waals surface area contributed by atoms with Gasteiger partial charge in [0, 0.05) is 12.6 Å². The molecule has 0 saturated carbocycles. The summed E-state index contributed by atoms with van der Waals surface area (Å²) >= 11 is 0. The van der Waals surface area contributed by atoms with Crippen LogP contribution in [-0.4, -0.2) is 17.1 Å². The Hall–Kier alpha value is -1.36. The number of carbonyl (C=O) groups excluding carboxylic acids is 1. The minimum absolute atomic E-state index is 0.350. The van der Waals surface area contributed by atoms with Crippen LogP contribution in [0.25, 0.3) is 0 Å². The summed E-state index contributed by atoms with van der Waals surface area (Å²) < 4.78 is 4.85. The van der Waals surface area contributed by atoms with Crippen LogP contribution >= 0.6 is 0 Å². The molecule has 3 N–H and O–H groups in total. The van der Waals surface area contributed by atoms with Crippen LogP contribution in [0.15, 0.2) is 10.6 Å². The number of nitrogens with two attached hydrogens (primary N) is 1. The first-order valence-corrected chi connectivity index (χ1v) is 4.04. The number of amides is 1. The Labute approximate surface area is 76.3 Å². The molecule has 0 aromatic carbocycles. The maximum Gasteiger partial charge on any atom is 0.234 e. The SMILES string of the molecule is Cc1cc(CNC(C)C(N)=O)no1. The predicted octanol–water partition coefficient (Wildman–Crippen LogP) is -0.0536. The van der Waals surface area contributed by atoms with E-state index in [9.17, 15) is 4.79 Å². The standard InChI is InChI=1S/C8H13N3O2/c1-5-3-7(11-13-5)4-10-6(2)8(9)12/h3,6,10H,4H2,1-2H3,(H2,9,12). The van der Waals surface area contributed by atoms with Crippen molar-refractivity contribution in [3.8, 4) is 0 Å². The van der Waals surface area contributed by atoms with E-state index in [-0.39, 0.29) is 11.9 Å². The zero-order valence-corrected chi connectivity index (χ0v) is 7.70. The average Bonchev–Trinajstić information content (AvgIpc) is 2.47. The molecule has 0 aliphatic carbocycles. The van der Waals surface area contributed by atoms with Gasteiger partial charge in [0.1, 0.15) is 5.76 Å². The van der Waals surface area contributed by atoms with Crippen molar-refractivity contribution in [2.45, 2.75) is 26.4 Å². The van der Waals surface area contributed by atoms with Gasteiger partial charge in [-0.3, -0.25) is 4.79 Å². The first-order valence-electron chi connectivity index (χ1n) is 4.04. The van der Waals surface area contributed by atoms with E-state index in [1.807, 2.05) is 6.92 Å². The van der Waals surface area contributed by atoms with Crippen LogP contribution < -0.4 is 11.1 Å². The van der Waals surface area contributed by atoms with Gasteiger partial charge in [-0.1, -0.05) is 5.16 Å². The molecule has 1 amide bonds. The summed E-state index contributed by atoms with van der Waals surface area (Å²) in [5.74, 6) is 0.378. The Morgan fingerprint density at radius 3 is 3.00 bits per heavy atom. The predicted molar refractivity (Wildman–Crippen MR) is 46.7 cm³/mol. The molecule has 0 aliphatic rings. The maximum atomic E-state index is 10.6. The fourth-order valence-corrected chi connectivity index (χ4v) is 0.860. The summed E-state index contributed by atoms with van der Waals surface area (Å²) in [4.78, 5) is 10.6. The van der Waals surface area contributed by atoms with Gasteiger partial charge in [-0.05, 0) is 13.8 Å². The zero-order valence-electron chi connectivity index (χ0n) is 7.70. The highest BCUT2D eigenvalue weighted by molar-refractivity contribution is 5.79. The second-order valence-corrected chi connectivity index (χ2v) is 2.93. The normalized spacial score (nSPS) is 12.8. The Kier molecular flexibility index (Phi) is 3.02. The molecule has 1 unspecified atom stereocenters. The van der Waals surface area contributed by atoms with Crippen LogP contribution in [0.3, 0.4) is 0 Å². The largest absolute Gasteiger partial charge is 0.368 e. The highest BCUT2D eigenvalue weighted by atomic mass is 16.5. The second kappa shape index (κ2) is 4.04. The van der Waals surface area contributed by atoms with Gasteiger partial charge in [0.15, 0.2) is 0 Å². The highest BCUT2D eigenvalue weighted by Gasteiger charge is 2.08. The molecule has 13 heavy (non-hydrogen) atoms. The molecule has 0 radical (unpaired) electrons. The molecule has 0 fully saturated rings. The van der Waals surface area contributed by atoms with Crippen molar-refractivity contribution in [2.75, 3.05) is 0 Å². The highest BCUT2D eigenvalue weighted by Crippen LogP contribution is 2.00. The van der Waals surface area contributed by atoms with Gasteiger partial charge < -0.3 is 15.6 Å². The van der Waals surface area contributed by atoms with Crippen molar-refractivity contribution in [1.82, 2.24) is 10.5 Å². The van der Waals surface area contributed by atoms with Crippen molar-refractivity contribution in [2.24, 2.45) is 5.73 Å². The third-order valence-electron chi connectivity index (χ3n) is 1.69. The summed E-state index contributed by atoms with van der Waals surface area (Å²) in [7, 11) is 0. The van der Waals surface area contributed by atoms with E-state index in [2.05, 4.69) is 10.5 Å². The Bertz CT molecular complexity index is 295. The first-order chi connectivity index (χ1) is 6.09. The first kappa shape index (κ1) is 9.73. The van der Waals surface area contributed by atoms with Crippen LogP contribution in [-0.2, 0) is 11.3 Å². The van der Waals surface area contributed by atoms with E-state index in [0.717, 1.165) is 11.5 Å². The van der Waals surface area contributed by atoms with Crippen molar-refractivity contribution in [1.29, 1.82) is 0 Å². The van der Waals surface area contributed by atoms with E-state index in [0.29, 0.717) is 6.54 Å². The minimum Gasteiger partial charge on any atom is -0.368 e. The van der Waals surface area contributed by atoms with Crippen LogP contribution in [0.5, 0.6) is 0 Å². The number of nitrogens with zero attached hydrogens (tertiary/aromatic N) is 1. The van der Waals surface area contributed by atoms with Gasteiger partial charge >= 0.3 is 0 Å². The third-order valence-corrected chi connectivity index (χ3v) is 1.69.